The first kappa shape index (κ1) is 14.3. The van der Waals surface area contributed by atoms with E-state index in [-0.39, 0.29) is 17.7 Å². The summed E-state index contributed by atoms with van der Waals surface area (Å²) in [5.74, 6) is 0.943. The summed E-state index contributed by atoms with van der Waals surface area (Å²) in [6.45, 7) is 4.50. The maximum atomic E-state index is 12.3. The van der Waals surface area contributed by atoms with Crippen molar-refractivity contribution in [1.82, 2.24) is 14.8 Å². The highest BCUT2D eigenvalue weighted by Gasteiger charge is 2.42. The van der Waals surface area contributed by atoms with Crippen LogP contribution in [0.4, 0.5) is 0 Å². The monoisotopic (exact) mass is 307 g/mol. The Morgan fingerprint density at radius 3 is 2.33 bits per heavy atom. The van der Waals surface area contributed by atoms with Crippen LogP contribution in [0.25, 0.3) is 0 Å². The van der Waals surface area contributed by atoms with E-state index in [2.05, 4.69) is 11.9 Å². The predicted octanol–water partition coefficient (Wildman–Crippen LogP) is 1.68. The van der Waals surface area contributed by atoms with Crippen molar-refractivity contribution in [3.8, 4) is 0 Å². The van der Waals surface area contributed by atoms with E-state index >= 15 is 0 Å². The van der Waals surface area contributed by atoms with Crippen LogP contribution in [0.2, 0.25) is 5.15 Å². The molecular formula is C15H18ClN3O2. The molecule has 1 aromatic heterocycles. The standard InChI is InChI=1S/C15H18ClN3O2/c1-10-8-12(10)15(21)19-6-4-18(5-7-19)14(20)11-2-3-13(16)17-9-11/h2-3,9-10,12H,4-8H2,1H3. The molecule has 112 valence electrons. The van der Waals surface area contributed by atoms with Gasteiger partial charge in [0, 0.05) is 38.3 Å². The van der Waals surface area contributed by atoms with Gasteiger partial charge in [-0.05, 0) is 24.5 Å². The molecule has 1 aliphatic heterocycles. The fourth-order valence-corrected chi connectivity index (χ4v) is 2.83. The Morgan fingerprint density at radius 1 is 1.19 bits per heavy atom. The average molecular weight is 308 g/mol. The van der Waals surface area contributed by atoms with Crippen LogP contribution in [-0.4, -0.2) is 52.8 Å². The minimum absolute atomic E-state index is 0.0499. The number of hydrogen-bond acceptors (Lipinski definition) is 3. The maximum Gasteiger partial charge on any atom is 0.255 e. The second-order valence-corrected chi connectivity index (χ2v) is 6.19. The molecule has 2 fully saturated rings. The van der Waals surface area contributed by atoms with Crippen molar-refractivity contribution in [3.63, 3.8) is 0 Å². The highest BCUT2D eigenvalue weighted by molar-refractivity contribution is 6.29. The highest BCUT2D eigenvalue weighted by Crippen LogP contribution is 2.39. The van der Waals surface area contributed by atoms with E-state index in [1.165, 1.54) is 6.20 Å². The topological polar surface area (TPSA) is 53.5 Å². The van der Waals surface area contributed by atoms with Gasteiger partial charge in [-0.15, -0.1) is 0 Å². The lowest BCUT2D eigenvalue weighted by molar-refractivity contribution is -0.134. The third-order valence-corrected chi connectivity index (χ3v) is 4.50. The normalized spacial score (nSPS) is 24.9. The number of rotatable bonds is 2. The third-order valence-electron chi connectivity index (χ3n) is 4.28. The fraction of sp³-hybridized carbons (Fsp3) is 0.533. The van der Waals surface area contributed by atoms with Gasteiger partial charge in [0.25, 0.3) is 5.91 Å². The molecule has 1 aliphatic carbocycles. The number of carbonyl (C=O) groups excluding carboxylic acids is 2. The Morgan fingerprint density at radius 2 is 1.81 bits per heavy atom. The van der Waals surface area contributed by atoms with Crippen molar-refractivity contribution in [2.75, 3.05) is 26.2 Å². The fourth-order valence-electron chi connectivity index (χ4n) is 2.72. The van der Waals surface area contributed by atoms with Crippen LogP contribution in [0.1, 0.15) is 23.7 Å². The molecule has 0 aromatic carbocycles. The van der Waals surface area contributed by atoms with Gasteiger partial charge in [-0.2, -0.15) is 0 Å². The van der Waals surface area contributed by atoms with E-state index < -0.39 is 0 Å². The van der Waals surface area contributed by atoms with Crippen molar-refractivity contribution in [3.05, 3.63) is 29.0 Å². The average Bonchev–Trinajstić information content (AvgIpc) is 3.24. The van der Waals surface area contributed by atoms with Crippen molar-refractivity contribution in [2.24, 2.45) is 11.8 Å². The zero-order chi connectivity index (χ0) is 15.0. The third kappa shape index (κ3) is 3.02. The zero-order valence-electron chi connectivity index (χ0n) is 12.0. The highest BCUT2D eigenvalue weighted by atomic mass is 35.5. The van der Waals surface area contributed by atoms with E-state index in [1.54, 1.807) is 17.0 Å². The molecular weight excluding hydrogens is 290 g/mol. The Labute approximate surface area is 128 Å². The molecule has 2 heterocycles. The molecule has 0 radical (unpaired) electrons. The summed E-state index contributed by atoms with van der Waals surface area (Å²) < 4.78 is 0. The first-order chi connectivity index (χ1) is 10.1. The van der Waals surface area contributed by atoms with Crippen LogP contribution >= 0.6 is 11.6 Å². The summed E-state index contributed by atoms with van der Waals surface area (Å²) in [5, 5.41) is 0.375. The summed E-state index contributed by atoms with van der Waals surface area (Å²) in [7, 11) is 0. The van der Waals surface area contributed by atoms with Gasteiger partial charge >= 0.3 is 0 Å². The van der Waals surface area contributed by atoms with Gasteiger partial charge in [0.15, 0.2) is 0 Å². The molecule has 1 saturated carbocycles. The van der Waals surface area contributed by atoms with Crippen LogP contribution in [0.15, 0.2) is 18.3 Å². The van der Waals surface area contributed by atoms with E-state index in [9.17, 15) is 9.59 Å². The van der Waals surface area contributed by atoms with Crippen LogP contribution in [-0.2, 0) is 4.79 Å². The molecule has 2 aliphatic rings. The SMILES string of the molecule is CC1CC1C(=O)N1CCN(C(=O)c2ccc(Cl)nc2)CC1. The number of piperazine rings is 1. The molecule has 3 rings (SSSR count). The number of hydrogen-bond donors (Lipinski definition) is 0. The van der Waals surface area contributed by atoms with Crippen LogP contribution in [0, 0.1) is 11.8 Å². The first-order valence-corrected chi connectivity index (χ1v) is 7.63. The van der Waals surface area contributed by atoms with E-state index in [0.717, 1.165) is 6.42 Å². The Balaban J connectivity index is 1.56. The van der Waals surface area contributed by atoms with Crippen LogP contribution < -0.4 is 0 Å². The molecule has 0 spiro atoms. The number of amides is 2. The van der Waals surface area contributed by atoms with Gasteiger partial charge in [-0.3, -0.25) is 9.59 Å². The molecule has 21 heavy (non-hydrogen) atoms. The minimum Gasteiger partial charge on any atom is -0.339 e. The number of halogens is 1. The molecule has 2 atom stereocenters. The predicted molar refractivity (Wildman–Crippen MR) is 79.0 cm³/mol. The van der Waals surface area contributed by atoms with E-state index in [0.29, 0.717) is 42.8 Å². The van der Waals surface area contributed by atoms with Crippen molar-refractivity contribution in [1.29, 1.82) is 0 Å². The molecule has 5 nitrogen and oxygen atoms in total. The van der Waals surface area contributed by atoms with Crippen molar-refractivity contribution < 1.29 is 9.59 Å². The smallest absolute Gasteiger partial charge is 0.255 e. The van der Waals surface area contributed by atoms with Gasteiger partial charge < -0.3 is 9.80 Å². The summed E-state index contributed by atoms with van der Waals surface area (Å²) in [6.07, 6.45) is 2.50. The zero-order valence-corrected chi connectivity index (χ0v) is 12.7. The van der Waals surface area contributed by atoms with Crippen LogP contribution in [0.5, 0.6) is 0 Å². The number of aromatic nitrogens is 1. The molecule has 0 N–H and O–H groups in total. The van der Waals surface area contributed by atoms with Crippen molar-refractivity contribution >= 4 is 23.4 Å². The van der Waals surface area contributed by atoms with Crippen molar-refractivity contribution in [2.45, 2.75) is 13.3 Å². The quantitative estimate of drug-likeness (QED) is 0.781. The largest absolute Gasteiger partial charge is 0.339 e. The van der Waals surface area contributed by atoms with Gasteiger partial charge in [-0.25, -0.2) is 4.98 Å². The molecule has 1 saturated heterocycles. The first-order valence-electron chi connectivity index (χ1n) is 7.26. The number of pyridine rings is 1. The summed E-state index contributed by atoms with van der Waals surface area (Å²) in [4.78, 5) is 32.1. The summed E-state index contributed by atoms with van der Waals surface area (Å²) in [6, 6.07) is 3.30. The van der Waals surface area contributed by atoms with E-state index in [1.807, 2.05) is 4.90 Å². The number of nitrogens with zero attached hydrogens (tertiary/aromatic N) is 3. The second kappa shape index (κ2) is 5.64. The lowest BCUT2D eigenvalue weighted by atomic mass is 10.2. The molecule has 0 bridgehead atoms. The summed E-state index contributed by atoms with van der Waals surface area (Å²) >= 11 is 5.72. The Hall–Kier alpha value is -1.62. The summed E-state index contributed by atoms with van der Waals surface area (Å²) in [5.41, 5.74) is 0.537. The molecule has 2 unspecified atom stereocenters. The molecule has 2 amide bonds. The Kier molecular flexibility index (Phi) is 3.85. The van der Waals surface area contributed by atoms with Crippen LogP contribution in [0.3, 0.4) is 0 Å². The number of carbonyl (C=O) groups is 2. The molecule has 1 aromatic rings. The lowest BCUT2D eigenvalue weighted by Gasteiger charge is -2.35. The molecule has 6 heteroatoms. The van der Waals surface area contributed by atoms with Gasteiger partial charge in [0.2, 0.25) is 5.91 Å². The lowest BCUT2D eigenvalue weighted by Crippen LogP contribution is -2.51. The second-order valence-electron chi connectivity index (χ2n) is 5.81. The van der Waals surface area contributed by atoms with Gasteiger partial charge in [0.05, 0.1) is 5.56 Å². The van der Waals surface area contributed by atoms with Gasteiger partial charge in [-0.1, -0.05) is 18.5 Å². The van der Waals surface area contributed by atoms with Gasteiger partial charge in [0.1, 0.15) is 5.15 Å². The maximum absolute atomic E-state index is 12.3. The minimum atomic E-state index is -0.0499. The Bertz CT molecular complexity index is 553. The van der Waals surface area contributed by atoms with E-state index in [4.69, 9.17) is 11.6 Å².